The van der Waals surface area contributed by atoms with Crippen molar-refractivity contribution in [3.05, 3.63) is 29.3 Å². The van der Waals surface area contributed by atoms with Crippen molar-refractivity contribution in [1.82, 2.24) is 0 Å². The normalized spacial score (nSPS) is 10.9. The van der Waals surface area contributed by atoms with Gasteiger partial charge in [0, 0.05) is 6.07 Å². The number of hydrogen-bond donors (Lipinski definition) is 1. The Hall–Kier alpha value is -1.04. The fraction of sp³-hybridized carbons (Fsp3) is 0.143. The molecular weight excluding hydrogens is 229 g/mol. The summed E-state index contributed by atoms with van der Waals surface area (Å²) in [6, 6.07) is 0.447. The molecule has 1 rings (SSSR count). The molecule has 0 bridgehead atoms. The second-order valence-corrected chi connectivity index (χ2v) is 2.35. The van der Waals surface area contributed by atoms with Crippen LogP contribution in [-0.4, -0.2) is 0 Å². The Kier molecular flexibility index (Phi) is 3.70. The van der Waals surface area contributed by atoms with E-state index in [2.05, 4.69) is 0 Å². The molecule has 0 saturated carbocycles. The summed E-state index contributed by atoms with van der Waals surface area (Å²) in [7, 11) is 0. The van der Waals surface area contributed by atoms with Crippen LogP contribution in [0, 0.1) is 11.6 Å². The molecule has 14 heavy (non-hydrogen) atoms. The molecule has 0 fully saturated rings. The topological polar surface area (TPSA) is 26.0 Å². The molecule has 80 valence electrons. The third kappa shape index (κ3) is 2.47. The summed E-state index contributed by atoms with van der Waals surface area (Å²) >= 11 is 0. The Labute approximate surface area is 82.1 Å². The van der Waals surface area contributed by atoms with Gasteiger partial charge in [-0.05, 0) is 6.07 Å². The zero-order chi connectivity index (χ0) is 10.2. The zero-order valence-electron chi connectivity index (χ0n) is 6.53. The predicted molar refractivity (Wildman–Crippen MR) is 43.0 cm³/mol. The molecule has 1 aromatic carbocycles. The first-order chi connectivity index (χ1) is 5.82. The van der Waals surface area contributed by atoms with E-state index in [1.165, 1.54) is 0 Å². The second-order valence-electron chi connectivity index (χ2n) is 2.35. The van der Waals surface area contributed by atoms with E-state index < -0.39 is 29.1 Å². The summed E-state index contributed by atoms with van der Waals surface area (Å²) in [5.74, 6) is -2.72. The Morgan fingerprint density at radius 2 is 1.57 bits per heavy atom. The van der Waals surface area contributed by atoms with E-state index >= 15 is 0 Å². The van der Waals surface area contributed by atoms with Gasteiger partial charge in [0.1, 0.15) is 11.6 Å². The van der Waals surface area contributed by atoms with Gasteiger partial charge in [0.15, 0.2) is 0 Å². The summed E-state index contributed by atoms with van der Waals surface area (Å²) < 4.78 is 60.8. The molecule has 0 aliphatic rings. The van der Waals surface area contributed by atoms with Gasteiger partial charge in [-0.3, -0.25) is 0 Å². The van der Waals surface area contributed by atoms with Crippen molar-refractivity contribution < 1.29 is 22.0 Å². The molecule has 0 saturated heterocycles. The lowest BCUT2D eigenvalue weighted by Crippen LogP contribution is -2.11. The molecule has 2 N–H and O–H groups in total. The predicted octanol–water partition coefficient (Wildman–Crippen LogP) is 2.99. The molecule has 0 unspecified atom stereocenters. The van der Waals surface area contributed by atoms with E-state index in [-0.39, 0.29) is 18.5 Å². The Balaban J connectivity index is 0.00000169. The fourth-order valence-corrected chi connectivity index (χ4v) is 0.819. The highest BCUT2D eigenvalue weighted by Gasteiger charge is 2.34. The molecule has 0 aliphatic carbocycles. The maximum absolute atomic E-state index is 12.5. The molecule has 0 amide bonds. The second kappa shape index (κ2) is 4.00. The molecule has 0 atom stereocenters. The van der Waals surface area contributed by atoms with E-state index in [0.717, 1.165) is 0 Å². The van der Waals surface area contributed by atoms with Gasteiger partial charge in [-0.25, -0.2) is 8.78 Å². The maximum atomic E-state index is 12.5. The Bertz CT molecular complexity index is 336. The lowest BCUT2D eigenvalue weighted by Gasteiger charge is -2.09. The molecule has 0 spiro atoms. The van der Waals surface area contributed by atoms with Crippen molar-refractivity contribution in [3.63, 3.8) is 0 Å². The molecule has 1 nitrogen and oxygen atoms in total. The maximum Gasteiger partial charge on any atom is 0.418 e. The van der Waals surface area contributed by atoms with Crippen molar-refractivity contribution in [2.24, 2.45) is 0 Å². The van der Waals surface area contributed by atoms with E-state index in [4.69, 9.17) is 5.73 Å². The molecule has 7 heteroatoms. The van der Waals surface area contributed by atoms with Crippen LogP contribution in [0.2, 0.25) is 0 Å². The zero-order valence-corrected chi connectivity index (χ0v) is 7.35. The van der Waals surface area contributed by atoms with Gasteiger partial charge in [0.25, 0.3) is 0 Å². The SMILES string of the molecule is Cl.Nc1c(F)cc(F)cc1C(F)(F)F. The molecular formula is C7H5ClF5N. The van der Waals surface area contributed by atoms with Crippen molar-refractivity contribution in [2.45, 2.75) is 6.18 Å². The number of alkyl halides is 3. The van der Waals surface area contributed by atoms with Crippen molar-refractivity contribution in [1.29, 1.82) is 0 Å². The lowest BCUT2D eigenvalue weighted by molar-refractivity contribution is -0.137. The minimum Gasteiger partial charge on any atom is -0.396 e. The highest BCUT2D eigenvalue weighted by atomic mass is 35.5. The van der Waals surface area contributed by atoms with E-state index in [1.54, 1.807) is 0 Å². The van der Waals surface area contributed by atoms with E-state index in [0.29, 0.717) is 6.07 Å². The van der Waals surface area contributed by atoms with Crippen LogP contribution in [0.15, 0.2) is 12.1 Å². The van der Waals surface area contributed by atoms with Gasteiger partial charge in [0.05, 0.1) is 11.3 Å². The minimum atomic E-state index is -4.84. The Morgan fingerprint density at radius 1 is 1.07 bits per heavy atom. The van der Waals surface area contributed by atoms with Crippen LogP contribution in [0.4, 0.5) is 27.6 Å². The summed E-state index contributed by atoms with van der Waals surface area (Å²) in [6.07, 6.45) is -4.84. The highest BCUT2D eigenvalue weighted by molar-refractivity contribution is 5.85. The summed E-state index contributed by atoms with van der Waals surface area (Å²) in [5, 5.41) is 0. The van der Waals surface area contributed by atoms with Crippen molar-refractivity contribution >= 4 is 18.1 Å². The quantitative estimate of drug-likeness (QED) is 0.541. The van der Waals surface area contributed by atoms with Crippen LogP contribution in [0.25, 0.3) is 0 Å². The Morgan fingerprint density at radius 3 is 2.00 bits per heavy atom. The van der Waals surface area contributed by atoms with Gasteiger partial charge in [0.2, 0.25) is 0 Å². The summed E-state index contributed by atoms with van der Waals surface area (Å²) in [5.41, 5.74) is 2.19. The number of benzene rings is 1. The number of nitrogen functional groups attached to an aromatic ring is 1. The van der Waals surface area contributed by atoms with Crippen LogP contribution in [0.1, 0.15) is 5.56 Å². The lowest BCUT2D eigenvalue weighted by atomic mass is 10.1. The van der Waals surface area contributed by atoms with Crippen molar-refractivity contribution in [3.8, 4) is 0 Å². The van der Waals surface area contributed by atoms with Crippen LogP contribution < -0.4 is 5.73 Å². The fourth-order valence-electron chi connectivity index (χ4n) is 0.819. The summed E-state index contributed by atoms with van der Waals surface area (Å²) in [4.78, 5) is 0. The van der Waals surface area contributed by atoms with Gasteiger partial charge in [-0.2, -0.15) is 13.2 Å². The molecule has 0 heterocycles. The van der Waals surface area contributed by atoms with Crippen LogP contribution in [0.5, 0.6) is 0 Å². The van der Waals surface area contributed by atoms with E-state index in [9.17, 15) is 22.0 Å². The molecule has 0 aliphatic heterocycles. The largest absolute Gasteiger partial charge is 0.418 e. The minimum absolute atomic E-state index is 0. The third-order valence-corrected chi connectivity index (χ3v) is 1.40. The van der Waals surface area contributed by atoms with Crippen molar-refractivity contribution in [2.75, 3.05) is 5.73 Å². The van der Waals surface area contributed by atoms with E-state index in [1.807, 2.05) is 0 Å². The van der Waals surface area contributed by atoms with Gasteiger partial charge in [-0.15, -0.1) is 12.4 Å². The number of anilines is 1. The third-order valence-electron chi connectivity index (χ3n) is 1.40. The number of halogens is 6. The first kappa shape index (κ1) is 13.0. The first-order valence-corrected chi connectivity index (χ1v) is 3.14. The molecule has 0 aromatic heterocycles. The molecule has 0 radical (unpaired) electrons. The average molecular weight is 234 g/mol. The smallest absolute Gasteiger partial charge is 0.396 e. The summed E-state index contributed by atoms with van der Waals surface area (Å²) in [6.45, 7) is 0. The van der Waals surface area contributed by atoms with Crippen LogP contribution in [-0.2, 0) is 6.18 Å². The van der Waals surface area contributed by atoms with Gasteiger partial charge >= 0.3 is 6.18 Å². The highest BCUT2D eigenvalue weighted by Crippen LogP contribution is 2.34. The number of nitrogens with two attached hydrogens (primary N) is 1. The van der Waals surface area contributed by atoms with Gasteiger partial charge in [-0.1, -0.05) is 0 Å². The molecule has 1 aromatic rings. The number of rotatable bonds is 0. The standard InChI is InChI=1S/C7H4F5N.ClH/c8-3-1-4(7(10,11)12)6(13)5(9)2-3;/h1-2H,13H2;1H. The monoisotopic (exact) mass is 233 g/mol. The van der Waals surface area contributed by atoms with Crippen LogP contribution >= 0.6 is 12.4 Å². The van der Waals surface area contributed by atoms with Gasteiger partial charge < -0.3 is 5.73 Å². The number of hydrogen-bond acceptors (Lipinski definition) is 1. The van der Waals surface area contributed by atoms with Crippen LogP contribution in [0.3, 0.4) is 0 Å². The first-order valence-electron chi connectivity index (χ1n) is 3.14. The average Bonchev–Trinajstić information content (AvgIpc) is 1.94.